The molecule has 1 heterocycles. The molecular weight excluding hydrogens is 268 g/mol. The molecule has 0 spiro atoms. The maximum absolute atomic E-state index is 4.61. The van der Waals surface area contributed by atoms with Gasteiger partial charge in [-0.15, -0.1) is 0 Å². The van der Waals surface area contributed by atoms with E-state index in [-0.39, 0.29) is 0 Å². The van der Waals surface area contributed by atoms with Crippen molar-refractivity contribution in [3.05, 3.63) is 11.9 Å². The van der Waals surface area contributed by atoms with Gasteiger partial charge in [-0.2, -0.15) is 11.8 Å². The van der Waals surface area contributed by atoms with Gasteiger partial charge in [0.1, 0.15) is 17.5 Å². The van der Waals surface area contributed by atoms with Crippen molar-refractivity contribution >= 4 is 23.4 Å². The normalized spacial score (nSPS) is 12.5. The molecule has 0 saturated heterocycles. The molecule has 5 heteroatoms. The van der Waals surface area contributed by atoms with Crippen molar-refractivity contribution in [2.45, 2.75) is 53.0 Å². The van der Waals surface area contributed by atoms with Crippen molar-refractivity contribution in [3.8, 4) is 0 Å². The first-order chi connectivity index (χ1) is 9.56. The van der Waals surface area contributed by atoms with Crippen LogP contribution in [-0.2, 0) is 0 Å². The van der Waals surface area contributed by atoms with Gasteiger partial charge in [-0.25, -0.2) is 9.97 Å². The van der Waals surface area contributed by atoms with E-state index in [1.54, 1.807) is 0 Å². The topological polar surface area (TPSA) is 49.8 Å². The fraction of sp³-hybridized carbons (Fsp3) is 0.733. The molecule has 0 aliphatic carbocycles. The summed E-state index contributed by atoms with van der Waals surface area (Å²) in [5.41, 5.74) is 0. The Balaban J connectivity index is 2.72. The molecule has 0 amide bonds. The number of aromatic nitrogens is 2. The molecule has 0 bridgehead atoms. The minimum absolute atomic E-state index is 0.333. The van der Waals surface area contributed by atoms with Crippen LogP contribution in [0.1, 0.15) is 52.8 Å². The van der Waals surface area contributed by atoms with E-state index in [1.807, 2.05) is 17.8 Å². The minimum Gasteiger partial charge on any atom is -0.370 e. The molecule has 1 unspecified atom stereocenters. The average molecular weight is 296 g/mol. The number of hydrogen-bond donors (Lipinski definition) is 2. The molecule has 2 N–H and O–H groups in total. The van der Waals surface area contributed by atoms with E-state index in [2.05, 4.69) is 55.2 Å². The monoisotopic (exact) mass is 296 g/mol. The Morgan fingerprint density at radius 3 is 2.45 bits per heavy atom. The van der Waals surface area contributed by atoms with E-state index in [0.29, 0.717) is 12.0 Å². The summed E-state index contributed by atoms with van der Waals surface area (Å²) in [6.07, 6.45) is 1.15. The van der Waals surface area contributed by atoms with E-state index in [9.17, 15) is 0 Å². The van der Waals surface area contributed by atoms with Gasteiger partial charge in [0.05, 0.1) is 0 Å². The van der Waals surface area contributed by atoms with Crippen LogP contribution in [0.15, 0.2) is 6.07 Å². The van der Waals surface area contributed by atoms with Crippen LogP contribution in [0.2, 0.25) is 0 Å². The highest BCUT2D eigenvalue weighted by atomic mass is 32.2. The van der Waals surface area contributed by atoms with Crippen molar-refractivity contribution in [1.29, 1.82) is 0 Å². The zero-order valence-electron chi connectivity index (χ0n) is 13.4. The highest BCUT2D eigenvalue weighted by Gasteiger charge is 2.09. The van der Waals surface area contributed by atoms with Crippen LogP contribution < -0.4 is 10.6 Å². The minimum atomic E-state index is 0.333. The van der Waals surface area contributed by atoms with E-state index in [1.165, 1.54) is 11.5 Å². The Morgan fingerprint density at radius 1 is 1.15 bits per heavy atom. The second-order valence-corrected chi connectivity index (χ2v) is 6.61. The maximum atomic E-state index is 4.61. The van der Waals surface area contributed by atoms with Gasteiger partial charge in [0.25, 0.3) is 0 Å². The first kappa shape index (κ1) is 17.1. The second-order valence-electron chi connectivity index (χ2n) is 5.21. The molecule has 0 aliphatic rings. The Kier molecular flexibility index (Phi) is 7.73. The third-order valence-corrected chi connectivity index (χ3v) is 3.84. The Hall–Kier alpha value is -0.970. The molecule has 0 saturated carbocycles. The third kappa shape index (κ3) is 5.99. The van der Waals surface area contributed by atoms with Gasteiger partial charge in [0.2, 0.25) is 0 Å². The average Bonchev–Trinajstić information content (AvgIpc) is 2.39. The summed E-state index contributed by atoms with van der Waals surface area (Å²) in [6, 6.07) is 2.43. The van der Waals surface area contributed by atoms with Gasteiger partial charge in [0, 0.05) is 24.6 Å². The largest absolute Gasteiger partial charge is 0.370 e. The van der Waals surface area contributed by atoms with Crippen LogP contribution >= 0.6 is 11.8 Å². The lowest BCUT2D eigenvalue weighted by Gasteiger charge is -2.16. The first-order valence-corrected chi connectivity index (χ1v) is 8.69. The van der Waals surface area contributed by atoms with E-state index >= 15 is 0 Å². The highest BCUT2D eigenvalue weighted by Crippen LogP contribution is 2.18. The Morgan fingerprint density at radius 2 is 1.85 bits per heavy atom. The lowest BCUT2D eigenvalue weighted by atomic mass is 10.2. The van der Waals surface area contributed by atoms with E-state index in [0.717, 1.165) is 30.4 Å². The standard InChI is InChI=1S/C15H28N4S/c1-6-16-13-10-14(19-15(18-13)11(3)4)17-12(5)8-9-20-7-2/h10-12H,6-9H2,1-5H3,(H2,16,17,18,19). The molecule has 1 aromatic rings. The SMILES string of the molecule is CCNc1cc(NC(C)CCSCC)nc(C(C)C)n1. The molecule has 4 nitrogen and oxygen atoms in total. The maximum Gasteiger partial charge on any atom is 0.135 e. The number of rotatable bonds is 9. The van der Waals surface area contributed by atoms with Crippen LogP contribution in [0.25, 0.3) is 0 Å². The Labute approximate surface area is 127 Å². The summed E-state index contributed by atoms with van der Waals surface area (Å²) < 4.78 is 0. The van der Waals surface area contributed by atoms with Crippen LogP contribution in [-0.4, -0.2) is 34.1 Å². The summed E-state index contributed by atoms with van der Waals surface area (Å²) in [4.78, 5) is 9.15. The smallest absolute Gasteiger partial charge is 0.135 e. The Bertz CT molecular complexity index is 395. The van der Waals surface area contributed by atoms with Crippen molar-refractivity contribution in [2.75, 3.05) is 28.7 Å². The molecule has 0 aromatic carbocycles. The molecular formula is C15H28N4S. The van der Waals surface area contributed by atoms with Gasteiger partial charge < -0.3 is 10.6 Å². The highest BCUT2D eigenvalue weighted by molar-refractivity contribution is 7.99. The molecule has 114 valence electrons. The van der Waals surface area contributed by atoms with E-state index < -0.39 is 0 Å². The number of hydrogen-bond acceptors (Lipinski definition) is 5. The molecule has 0 fully saturated rings. The summed E-state index contributed by atoms with van der Waals surface area (Å²) in [5, 5.41) is 6.76. The fourth-order valence-electron chi connectivity index (χ4n) is 1.80. The molecule has 20 heavy (non-hydrogen) atoms. The van der Waals surface area contributed by atoms with Crippen LogP contribution in [0.3, 0.4) is 0 Å². The van der Waals surface area contributed by atoms with Crippen LogP contribution in [0.5, 0.6) is 0 Å². The predicted molar refractivity (Wildman–Crippen MR) is 91.0 cm³/mol. The van der Waals surface area contributed by atoms with Gasteiger partial charge >= 0.3 is 0 Å². The first-order valence-electron chi connectivity index (χ1n) is 7.53. The second kappa shape index (κ2) is 9.06. The quantitative estimate of drug-likeness (QED) is 0.675. The predicted octanol–water partition coefficient (Wildman–Crippen LogP) is 3.98. The van der Waals surface area contributed by atoms with Gasteiger partial charge in [0.15, 0.2) is 0 Å². The molecule has 1 rings (SSSR count). The van der Waals surface area contributed by atoms with Crippen molar-refractivity contribution in [1.82, 2.24) is 9.97 Å². The van der Waals surface area contributed by atoms with Gasteiger partial charge in [-0.1, -0.05) is 20.8 Å². The summed E-state index contributed by atoms with van der Waals surface area (Å²) in [6.45, 7) is 11.6. The number of thioether (sulfide) groups is 1. The van der Waals surface area contributed by atoms with Gasteiger partial charge in [-0.05, 0) is 31.8 Å². The zero-order valence-corrected chi connectivity index (χ0v) is 14.2. The summed E-state index contributed by atoms with van der Waals surface area (Å²) >= 11 is 1.98. The molecule has 0 radical (unpaired) electrons. The molecule has 1 atom stereocenters. The number of anilines is 2. The number of nitrogens with zero attached hydrogens (tertiary/aromatic N) is 2. The molecule has 0 aliphatic heterocycles. The van der Waals surface area contributed by atoms with Crippen molar-refractivity contribution in [3.63, 3.8) is 0 Å². The zero-order chi connectivity index (χ0) is 15.0. The summed E-state index contributed by atoms with van der Waals surface area (Å²) in [5.74, 6) is 5.42. The van der Waals surface area contributed by atoms with Crippen molar-refractivity contribution in [2.24, 2.45) is 0 Å². The number of nitrogens with one attached hydrogen (secondary N) is 2. The third-order valence-electron chi connectivity index (χ3n) is 2.91. The van der Waals surface area contributed by atoms with E-state index in [4.69, 9.17) is 0 Å². The fourth-order valence-corrected chi connectivity index (χ4v) is 2.61. The van der Waals surface area contributed by atoms with Crippen molar-refractivity contribution < 1.29 is 0 Å². The lowest BCUT2D eigenvalue weighted by Crippen LogP contribution is -2.18. The lowest BCUT2D eigenvalue weighted by molar-refractivity contribution is 0.746. The van der Waals surface area contributed by atoms with Crippen LogP contribution in [0.4, 0.5) is 11.6 Å². The van der Waals surface area contributed by atoms with Gasteiger partial charge in [-0.3, -0.25) is 0 Å². The summed E-state index contributed by atoms with van der Waals surface area (Å²) in [7, 11) is 0. The van der Waals surface area contributed by atoms with Crippen LogP contribution in [0, 0.1) is 0 Å². The molecule has 1 aromatic heterocycles.